The first-order chi connectivity index (χ1) is 15.4. The van der Waals surface area contributed by atoms with Crippen molar-refractivity contribution in [3.05, 3.63) is 54.1 Å². The van der Waals surface area contributed by atoms with Crippen LogP contribution in [0.1, 0.15) is 5.56 Å². The molecule has 0 aliphatic carbocycles. The van der Waals surface area contributed by atoms with Crippen molar-refractivity contribution in [3.8, 4) is 5.75 Å². The average Bonchev–Trinajstić information content (AvgIpc) is 2.83. The molecule has 0 radical (unpaired) electrons. The summed E-state index contributed by atoms with van der Waals surface area (Å²) in [5.41, 5.74) is 2.40. The molecule has 0 atom stereocenters. The number of carbonyl (C=O) groups excluding carboxylic acids is 1. The van der Waals surface area contributed by atoms with Gasteiger partial charge in [0.25, 0.3) is 5.91 Å². The van der Waals surface area contributed by atoms with Crippen LogP contribution in [-0.4, -0.2) is 82.6 Å². The van der Waals surface area contributed by atoms with Crippen LogP contribution in [0.3, 0.4) is 0 Å². The van der Waals surface area contributed by atoms with E-state index in [2.05, 4.69) is 30.0 Å². The van der Waals surface area contributed by atoms with Crippen LogP contribution in [0.5, 0.6) is 5.75 Å². The number of amides is 1. The molecule has 0 aromatic heterocycles. The molecule has 2 saturated heterocycles. The lowest BCUT2D eigenvalue weighted by molar-refractivity contribution is -0.133. The summed E-state index contributed by atoms with van der Waals surface area (Å²) in [5.74, 6) is 0.400. The number of aryl methyl sites for hydroxylation is 1. The Hall–Kier alpha value is -2.62. The summed E-state index contributed by atoms with van der Waals surface area (Å²) < 4.78 is 37.6. The Bertz CT molecular complexity index is 1030. The molecule has 2 heterocycles. The van der Waals surface area contributed by atoms with E-state index in [1.54, 1.807) is 12.1 Å². The summed E-state index contributed by atoms with van der Waals surface area (Å²) in [5, 5.41) is 0. The molecule has 2 fully saturated rings. The Kier molecular flexibility index (Phi) is 6.98. The van der Waals surface area contributed by atoms with Gasteiger partial charge >= 0.3 is 0 Å². The number of ether oxygens (including phenoxy) is 2. The fraction of sp³-hybridized carbons (Fsp3) is 0.435. The summed E-state index contributed by atoms with van der Waals surface area (Å²) in [6, 6.07) is 14.6. The van der Waals surface area contributed by atoms with Crippen molar-refractivity contribution in [3.63, 3.8) is 0 Å². The molecular formula is C23H29N3O5S. The monoisotopic (exact) mass is 459 g/mol. The van der Waals surface area contributed by atoms with E-state index in [0.717, 1.165) is 13.1 Å². The number of anilines is 1. The molecule has 0 N–H and O–H groups in total. The molecule has 1 amide bonds. The zero-order valence-corrected chi connectivity index (χ0v) is 19.1. The average molecular weight is 460 g/mol. The van der Waals surface area contributed by atoms with E-state index in [0.29, 0.717) is 45.1 Å². The van der Waals surface area contributed by atoms with Crippen LogP contribution in [-0.2, 0) is 19.6 Å². The molecule has 9 heteroatoms. The lowest BCUT2D eigenvalue weighted by Gasteiger charge is -2.36. The van der Waals surface area contributed by atoms with Crippen molar-refractivity contribution in [1.82, 2.24) is 9.21 Å². The number of sulfonamides is 1. The number of carbonyl (C=O) groups is 1. The fourth-order valence-corrected chi connectivity index (χ4v) is 5.33. The standard InChI is InChI=1S/C23H29N3O5S/c1-19-3-2-4-20(17-19)24-9-11-25(12-10-24)23(27)18-31-21-5-7-22(8-6-21)32(28,29)26-13-15-30-16-14-26/h2-8,17H,9-16,18H2,1H3. The quantitative estimate of drug-likeness (QED) is 0.655. The van der Waals surface area contributed by atoms with Gasteiger partial charge in [0.2, 0.25) is 10.0 Å². The Labute approximate surface area is 189 Å². The smallest absolute Gasteiger partial charge is 0.260 e. The third-order valence-electron chi connectivity index (χ3n) is 5.79. The minimum Gasteiger partial charge on any atom is -0.484 e. The maximum absolute atomic E-state index is 12.7. The molecule has 0 bridgehead atoms. The lowest BCUT2D eigenvalue weighted by Crippen LogP contribution is -2.50. The molecule has 2 aliphatic heterocycles. The summed E-state index contributed by atoms with van der Waals surface area (Å²) in [6.45, 7) is 6.37. The van der Waals surface area contributed by atoms with Gasteiger partial charge in [-0.25, -0.2) is 8.42 Å². The van der Waals surface area contributed by atoms with Crippen LogP contribution >= 0.6 is 0 Å². The molecule has 172 valence electrons. The molecule has 2 aliphatic rings. The van der Waals surface area contributed by atoms with Gasteiger partial charge in [-0.15, -0.1) is 0 Å². The van der Waals surface area contributed by atoms with Gasteiger partial charge in [0, 0.05) is 45.0 Å². The summed E-state index contributed by atoms with van der Waals surface area (Å²) in [6.07, 6.45) is 0. The Morgan fingerprint density at radius 3 is 2.31 bits per heavy atom. The van der Waals surface area contributed by atoms with Crippen LogP contribution in [0.4, 0.5) is 5.69 Å². The van der Waals surface area contributed by atoms with Gasteiger partial charge in [-0.3, -0.25) is 4.79 Å². The van der Waals surface area contributed by atoms with Crippen molar-refractivity contribution in [2.75, 3.05) is 64.0 Å². The fourth-order valence-electron chi connectivity index (χ4n) is 3.92. The maximum Gasteiger partial charge on any atom is 0.260 e. The van der Waals surface area contributed by atoms with Gasteiger partial charge in [0.1, 0.15) is 5.75 Å². The van der Waals surface area contributed by atoms with Crippen molar-refractivity contribution >= 4 is 21.6 Å². The van der Waals surface area contributed by atoms with Crippen LogP contribution < -0.4 is 9.64 Å². The summed E-state index contributed by atoms with van der Waals surface area (Å²) in [4.78, 5) is 16.9. The first kappa shape index (κ1) is 22.6. The molecule has 32 heavy (non-hydrogen) atoms. The van der Waals surface area contributed by atoms with E-state index in [1.807, 2.05) is 11.0 Å². The van der Waals surface area contributed by atoms with Crippen molar-refractivity contribution in [1.29, 1.82) is 0 Å². The number of hydrogen-bond acceptors (Lipinski definition) is 6. The van der Waals surface area contributed by atoms with Crippen molar-refractivity contribution in [2.45, 2.75) is 11.8 Å². The zero-order valence-electron chi connectivity index (χ0n) is 18.3. The van der Waals surface area contributed by atoms with Gasteiger partial charge < -0.3 is 19.3 Å². The molecule has 4 rings (SSSR count). The number of nitrogens with zero attached hydrogens (tertiary/aromatic N) is 3. The van der Waals surface area contributed by atoms with Crippen LogP contribution in [0, 0.1) is 6.92 Å². The van der Waals surface area contributed by atoms with Gasteiger partial charge in [-0.2, -0.15) is 4.31 Å². The minimum absolute atomic E-state index is 0.0694. The van der Waals surface area contributed by atoms with Gasteiger partial charge in [0.15, 0.2) is 6.61 Å². The van der Waals surface area contributed by atoms with Gasteiger partial charge in [-0.05, 0) is 48.9 Å². The van der Waals surface area contributed by atoms with Crippen molar-refractivity contribution in [2.24, 2.45) is 0 Å². The number of piperazine rings is 1. The van der Waals surface area contributed by atoms with Crippen LogP contribution in [0.2, 0.25) is 0 Å². The second-order valence-electron chi connectivity index (χ2n) is 7.98. The van der Waals surface area contributed by atoms with Gasteiger partial charge in [-0.1, -0.05) is 12.1 Å². The molecule has 2 aromatic rings. The normalized spacial score (nSPS) is 17.9. The molecule has 2 aromatic carbocycles. The lowest BCUT2D eigenvalue weighted by atomic mass is 10.2. The summed E-state index contributed by atoms with van der Waals surface area (Å²) in [7, 11) is -3.54. The molecule has 0 saturated carbocycles. The molecular weight excluding hydrogens is 430 g/mol. The van der Waals surface area contributed by atoms with E-state index < -0.39 is 10.0 Å². The number of rotatable bonds is 6. The topological polar surface area (TPSA) is 79.4 Å². The van der Waals surface area contributed by atoms with E-state index in [-0.39, 0.29) is 17.4 Å². The van der Waals surface area contributed by atoms with E-state index in [4.69, 9.17) is 9.47 Å². The largest absolute Gasteiger partial charge is 0.484 e. The predicted molar refractivity (Wildman–Crippen MR) is 121 cm³/mol. The van der Waals surface area contributed by atoms with Gasteiger partial charge in [0.05, 0.1) is 18.1 Å². The number of hydrogen-bond donors (Lipinski definition) is 0. The Morgan fingerprint density at radius 1 is 0.969 bits per heavy atom. The third-order valence-corrected chi connectivity index (χ3v) is 7.71. The number of morpholine rings is 1. The van der Waals surface area contributed by atoms with Crippen molar-refractivity contribution < 1.29 is 22.7 Å². The predicted octanol–water partition coefficient (Wildman–Crippen LogP) is 1.74. The number of benzene rings is 2. The second-order valence-corrected chi connectivity index (χ2v) is 9.92. The van der Waals surface area contributed by atoms with E-state index >= 15 is 0 Å². The Balaban J connectivity index is 1.27. The first-order valence-electron chi connectivity index (χ1n) is 10.8. The molecule has 0 unspecified atom stereocenters. The highest BCUT2D eigenvalue weighted by Gasteiger charge is 2.26. The Morgan fingerprint density at radius 2 is 1.66 bits per heavy atom. The van der Waals surface area contributed by atoms with Crippen LogP contribution in [0.25, 0.3) is 0 Å². The SMILES string of the molecule is Cc1cccc(N2CCN(C(=O)COc3ccc(S(=O)(=O)N4CCOCC4)cc3)CC2)c1. The maximum atomic E-state index is 12.7. The zero-order chi connectivity index (χ0) is 22.6. The first-order valence-corrected chi connectivity index (χ1v) is 12.3. The van der Waals surface area contributed by atoms with E-state index in [9.17, 15) is 13.2 Å². The molecule has 0 spiro atoms. The minimum atomic E-state index is -3.54. The highest BCUT2D eigenvalue weighted by molar-refractivity contribution is 7.89. The molecule has 8 nitrogen and oxygen atoms in total. The van der Waals surface area contributed by atoms with E-state index in [1.165, 1.54) is 27.7 Å². The summed E-state index contributed by atoms with van der Waals surface area (Å²) >= 11 is 0. The highest BCUT2D eigenvalue weighted by atomic mass is 32.2. The second kappa shape index (κ2) is 9.89. The third kappa shape index (κ3) is 5.23. The highest BCUT2D eigenvalue weighted by Crippen LogP contribution is 2.21. The van der Waals surface area contributed by atoms with Crippen LogP contribution in [0.15, 0.2) is 53.4 Å².